The van der Waals surface area contributed by atoms with Crippen LogP contribution in [0.5, 0.6) is 11.5 Å². The van der Waals surface area contributed by atoms with E-state index < -0.39 is 5.97 Å². The number of phenolic OH excluding ortho intramolecular Hbond substituents is 2. The zero-order valence-electron chi connectivity index (χ0n) is 12.3. The molecule has 4 nitrogen and oxygen atoms in total. The summed E-state index contributed by atoms with van der Waals surface area (Å²) in [7, 11) is 0. The fraction of sp³-hybridized carbons (Fsp3) is 0.353. The lowest BCUT2D eigenvalue weighted by atomic mass is 9.73. The Bertz CT molecular complexity index is 605. The molecule has 21 heavy (non-hydrogen) atoms. The SMILES string of the molecule is C=C(C)[C@@H]1CCC(C)=CC1c1c(O)cc(C(=O)O)cc1O. The first-order valence-corrected chi connectivity index (χ1v) is 6.93. The molecular formula is C17H20O4. The lowest BCUT2D eigenvalue weighted by Crippen LogP contribution is -2.17. The molecule has 0 radical (unpaired) electrons. The molecule has 0 heterocycles. The summed E-state index contributed by atoms with van der Waals surface area (Å²) in [6.07, 6.45) is 3.89. The molecule has 0 saturated heterocycles. The molecule has 2 atom stereocenters. The van der Waals surface area contributed by atoms with E-state index >= 15 is 0 Å². The van der Waals surface area contributed by atoms with Crippen LogP contribution in [0.1, 0.15) is 48.5 Å². The van der Waals surface area contributed by atoms with Gasteiger partial charge >= 0.3 is 5.97 Å². The highest BCUT2D eigenvalue weighted by molar-refractivity contribution is 5.89. The van der Waals surface area contributed by atoms with E-state index in [1.165, 1.54) is 17.7 Å². The Balaban J connectivity index is 2.55. The third-order valence-corrected chi connectivity index (χ3v) is 4.10. The first kappa shape index (κ1) is 15.2. The van der Waals surface area contributed by atoms with Crippen molar-refractivity contribution in [3.8, 4) is 11.5 Å². The molecular weight excluding hydrogens is 268 g/mol. The normalized spacial score (nSPS) is 21.7. The maximum atomic E-state index is 11.0. The molecule has 0 fully saturated rings. The molecule has 1 unspecified atom stereocenters. The summed E-state index contributed by atoms with van der Waals surface area (Å²) in [5, 5.41) is 29.3. The van der Waals surface area contributed by atoms with Crippen molar-refractivity contribution in [3.63, 3.8) is 0 Å². The van der Waals surface area contributed by atoms with Gasteiger partial charge in [-0.05, 0) is 44.7 Å². The summed E-state index contributed by atoms with van der Waals surface area (Å²) in [4.78, 5) is 11.0. The van der Waals surface area contributed by atoms with Gasteiger partial charge in [-0.2, -0.15) is 0 Å². The van der Waals surface area contributed by atoms with E-state index in [4.69, 9.17) is 5.11 Å². The number of hydrogen-bond donors (Lipinski definition) is 3. The number of carbonyl (C=O) groups is 1. The zero-order chi connectivity index (χ0) is 15.7. The molecule has 0 saturated carbocycles. The highest BCUT2D eigenvalue weighted by Gasteiger charge is 2.30. The second kappa shape index (κ2) is 5.64. The van der Waals surface area contributed by atoms with E-state index in [2.05, 4.69) is 6.58 Å². The fourth-order valence-corrected chi connectivity index (χ4v) is 2.99. The second-order valence-electron chi connectivity index (χ2n) is 5.76. The Kier molecular flexibility index (Phi) is 4.07. The molecule has 2 rings (SSSR count). The Morgan fingerprint density at radius 2 is 1.86 bits per heavy atom. The predicted molar refractivity (Wildman–Crippen MR) is 80.8 cm³/mol. The van der Waals surface area contributed by atoms with Gasteiger partial charge in [0.25, 0.3) is 0 Å². The predicted octanol–water partition coefficient (Wildman–Crippen LogP) is 3.81. The van der Waals surface area contributed by atoms with Crippen molar-refractivity contribution in [2.75, 3.05) is 0 Å². The van der Waals surface area contributed by atoms with Gasteiger partial charge in [0.05, 0.1) is 5.56 Å². The largest absolute Gasteiger partial charge is 0.507 e. The van der Waals surface area contributed by atoms with Gasteiger partial charge in [-0.3, -0.25) is 0 Å². The first-order chi connectivity index (χ1) is 9.81. The van der Waals surface area contributed by atoms with Gasteiger partial charge in [0.2, 0.25) is 0 Å². The topological polar surface area (TPSA) is 77.8 Å². The molecule has 1 aromatic carbocycles. The van der Waals surface area contributed by atoms with Crippen molar-refractivity contribution in [1.82, 2.24) is 0 Å². The van der Waals surface area contributed by atoms with E-state index in [1.807, 2.05) is 19.9 Å². The van der Waals surface area contributed by atoms with E-state index in [0.29, 0.717) is 5.56 Å². The Morgan fingerprint density at radius 3 is 2.33 bits per heavy atom. The third-order valence-electron chi connectivity index (χ3n) is 4.10. The van der Waals surface area contributed by atoms with Crippen LogP contribution < -0.4 is 0 Å². The number of phenols is 2. The number of hydrogen-bond acceptors (Lipinski definition) is 3. The van der Waals surface area contributed by atoms with Gasteiger partial charge in [0.1, 0.15) is 11.5 Å². The molecule has 4 heteroatoms. The van der Waals surface area contributed by atoms with Crippen LogP contribution in [0.4, 0.5) is 0 Å². The van der Waals surface area contributed by atoms with Crippen LogP contribution in [0.25, 0.3) is 0 Å². The fourth-order valence-electron chi connectivity index (χ4n) is 2.99. The average molecular weight is 288 g/mol. The number of aromatic carboxylic acids is 1. The van der Waals surface area contributed by atoms with Crippen molar-refractivity contribution >= 4 is 5.97 Å². The van der Waals surface area contributed by atoms with Crippen molar-refractivity contribution in [3.05, 3.63) is 47.1 Å². The van der Waals surface area contributed by atoms with Gasteiger partial charge < -0.3 is 15.3 Å². The number of carboxylic acids is 1. The van der Waals surface area contributed by atoms with Crippen LogP contribution >= 0.6 is 0 Å². The highest BCUT2D eigenvalue weighted by Crippen LogP contribution is 2.46. The molecule has 1 aliphatic carbocycles. The highest BCUT2D eigenvalue weighted by atomic mass is 16.4. The third kappa shape index (κ3) is 2.94. The van der Waals surface area contributed by atoms with Crippen molar-refractivity contribution in [2.45, 2.75) is 32.6 Å². The van der Waals surface area contributed by atoms with Crippen LogP contribution in [0.3, 0.4) is 0 Å². The van der Waals surface area contributed by atoms with Crippen molar-refractivity contribution in [1.29, 1.82) is 0 Å². The summed E-state index contributed by atoms with van der Waals surface area (Å²) in [6, 6.07) is 2.37. The standard InChI is InChI=1S/C17H20O4/c1-9(2)12-5-4-10(3)6-13(12)16-14(18)7-11(17(20)21)8-15(16)19/h6-8,12-13,18-19H,1,4-5H2,2-3H3,(H,20,21)/t12-,13?/m0/s1. The Hall–Kier alpha value is -2.23. The van der Waals surface area contributed by atoms with Gasteiger partial charge in [-0.15, -0.1) is 0 Å². The van der Waals surface area contributed by atoms with E-state index in [-0.39, 0.29) is 28.9 Å². The zero-order valence-corrected chi connectivity index (χ0v) is 12.3. The van der Waals surface area contributed by atoms with E-state index in [9.17, 15) is 15.0 Å². The van der Waals surface area contributed by atoms with Crippen LogP contribution in [0.2, 0.25) is 0 Å². The molecule has 0 aliphatic heterocycles. The number of aromatic hydroxyl groups is 2. The molecule has 0 amide bonds. The lowest BCUT2D eigenvalue weighted by Gasteiger charge is -2.31. The summed E-state index contributed by atoms with van der Waals surface area (Å²) in [5.74, 6) is -1.61. The van der Waals surface area contributed by atoms with Crippen molar-refractivity contribution in [2.24, 2.45) is 5.92 Å². The summed E-state index contributed by atoms with van der Waals surface area (Å²) < 4.78 is 0. The Labute approximate surface area is 124 Å². The minimum Gasteiger partial charge on any atom is -0.507 e. The number of benzene rings is 1. The maximum Gasteiger partial charge on any atom is 0.335 e. The molecule has 1 aromatic rings. The Morgan fingerprint density at radius 1 is 1.29 bits per heavy atom. The molecule has 0 bridgehead atoms. The molecule has 0 spiro atoms. The second-order valence-corrected chi connectivity index (χ2v) is 5.76. The van der Waals surface area contributed by atoms with Crippen LogP contribution in [0.15, 0.2) is 35.9 Å². The lowest BCUT2D eigenvalue weighted by molar-refractivity contribution is 0.0696. The summed E-state index contributed by atoms with van der Waals surface area (Å²) in [6.45, 7) is 7.95. The first-order valence-electron chi connectivity index (χ1n) is 6.93. The van der Waals surface area contributed by atoms with Crippen LogP contribution in [0, 0.1) is 5.92 Å². The van der Waals surface area contributed by atoms with Gasteiger partial charge in [-0.25, -0.2) is 4.79 Å². The monoisotopic (exact) mass is 288 g/mol. The molecule has 3 N–H and O–H groups in total. The number of carboxylic acid groups (broad SMARTS) is 1. The van der Waals surface area contributed by atoms with Gasteiger partial charge in [0, 0.05) is 11.5 Å². The van der Waals surface area contributed by atoms with Crippen LogP contribution in [-0.4, -0.2) is 21.3 Å². The number of allylic oxidation sites excluding steroid dienone is 3. The van der Waals surface area contributed by atoms with E-state index in [0.717, 1.165) is 18.4 Å². The minimum atomic E-state index is -1.18. The summed E-state index contributed by atoms with van der Waals surface area (Å²) >= 11 is 0. The van der Waals surface area contributed by atoms with E-state index in [1.54, 1.807) is 0 Å². The quantitative estimate of drug-likeness (QED) is 0.739. The van der Waals surface area contributed by atoms with Gasteiger partial charge in [-0.1, -0.05) is 23.8 Å². The van der Waals surface area contributed by atoms with Crippen molar-refractivity contribution < 1.29 is 20.1 Å². The molecule has 1 aliphatic rings. The van der Waals surface area contributed by atoms with Crippen LogP contribution in [-0.2, 0) is 0 Å². The number of rotatable bonds is 3. The van der Waals surface area contributed by atoms with Gasteiger partial charge in [0.15, 0.2) is 0 Å². The molecule has 0 aromatic heterocycles. The smallest absolute Gasteiger partial charge is 0.335 e. The summed E-state index contributed by atoms with van der Waals surface area (Å²) in [5.41, 5.74) is 2.44. The molecule has 112 valence electrons. The average Bonchev–Trinajstić information content (AvgIpc) is 2.37. The maximum absolute atomic E-state index is 11.0. The minimum absolute atomic E-state index is 0.126.